The van der Waals surface area contributed by atoms with Crippen molar-refractivity contribution in [3.05, 3.63) is 0 Å². The van der Waals surface area contributed by atoms with E-state index >= 15 is 0 Å². The Hall–Kier alpha value is 0.500. The first-order valence-corrected chi connectivity index (χ1v) is 5.09. The lowest BCUT2D eigenvalue weighted by molar-refractivity contribution is 0.686. The zero-order chi connectivity index (χ0) is 5.86. The standard InChI is InChI=1S/C4H10OS2/c1-4(2)7(5)6-3/h4H,1-3H3. The topological polar surface area (TPSA) is 17.1 Å². The van der Waals surface area contributed by atoms with Crippen LogP contribution in [0.25, 0.3) is 0 Å². The van der Waals surface area contributed by atoms with E-state index in [4.69, 9.17) is 0 Å². The van der Waals surface area contributed by atoms with Crippen LogP contribution in [0, 0.1) is 0 Å². The summed E-state index contributed by atoms with van der Waals surface area (Å²) in [5, 5.41) is 0.301. The van der Waals surface area contributed by atoms with Gasteiger partial charge in [0, 0.05) is 5.25 Å². The Kier molecular flexibility index (Phi) is 3.75. The molecule has 3 heteroatoms. The highest BCUT2D eigenvalue weighted by Crippen LogP contribution is 2.06. The molecule has 0 bridgehead atoms. The van der Waals surface area contributed by atoms with E-state index in [2.05, 4.69) is 0 Å². The summed E-state index contributed by atoms with van der Waals surface area (Å²) in [4.78, 5) is 0. The van der Waals surface area contributed by atoms with Crippen LogP contribution in [0.4, 0.5) is 0 Å². The fourth-order valence-corrected chi connectivity index (χ4v) is 1.73. The molecule has 0 spiro atoms. The van der Waals surface area contributed by atoms with Crippen molar-refractivity contribution in [3.8, 4) is 0 Å². The van der Waals surface area contributed by atoms with E-state index in [-0.39, 0.29) is 0 Å². The first-order valence-electron chi connectivity index (χ1n) is 2.13. The van der Waals surface area contributed by atoms with Crippen molar-refractivity contribution in [2.24, 2.45) is 0 Å². The molecule has 0 aliphatic carbocycles. The van der Waals surface area contributed by atoms with Gasteiger partial charge in [0.1, 0.15) is 0 Å². The third-order valence-electron chi connectivity index (χ3n) is 0.549. The summed E-state index contributed by atoms with van der Waals surface area (Å²) in [6.07, 6.45) is 1.86. The SMILES string of the molecule is CSS(=O)C(C)C. The molecule has 0 aromatic rings. The molecule has 0 aliphatic rings. The van der Waals surface area contributed by atoms with Gasteiger partial charge in [-0.15, -0.1) is 0 Å². The maximum Gasteiger partial charge on any atom is 0.0826 e. The molecule has 0 aromatic carbocycles. The Morgan fingerprint density at radius 3 is 2.00 bits per heavy atom. The summed E-state index contributed by atoms with van der Waals surface area (Å²) in [5.41, 5.74) is 0. The first-order chi connectivity index (χ1) is 3.18. The highest BCUT2D eigenvalue weighted by atomic mass is 33.1. The maximum absolute atomic E-state index is 10.6. The molecule has 0 saturated carbocycles. The predicted molar refractivity (Wildman–Crippen MR) is 36.8 cm³/mol. The van der Waals surface area contributed by atoms with Crippen LogP contribution < -0.4 is 0 Å². The minimum Gasteiger partial charge on any atom is -0.248 e. The summed E-state index contributed by atoms with van der Waals surface area (Å²) in [5.74, 6) is 0. The van der Waals surface area contributed by atoms with Crippen molar-refractivity contribution < 1.29 is 4.21 Å². The molecule has 1 nitrogen and oxygen atoms in total. The van der Waals surface area contributed by atoms with Gasteiger partial charge in [-0.3, -0.25) is 0 Å². The predicted octanol–water partition coefficient (Wildman–Crippen LogP) is 1.42. The van der Waals surface area contributed by atoms with Crippen LogP contribution in [-0.4, -0.2) is 15.7 Å². The van der Waals surface area contributed by atoms with Crippen molar-refractivity contribution in [1.82, 2.24) is 0 Å². The average molecular weight is 138 g/mol. The van der Waals surface area contributed by atoms with Gasteiger partial charge in [-0.2, -0.15) is 0 Å². The van der Waals surface area contributed by atoms with Crippen molar-refractivity contribution in [3.63, 3.8) is 0 Å². The third-order valence-corrected chi connectivity index (χ3v) is 3.79. The first kappa shape index (κ1) is 7.50. The van der Waals surface area contributed by atoms with Gasteiger partial charge >= 0.3 is 0 Å². The van der Waals surface area contributed by atoms with Crippen LogP contribution in [0.3, 0.4) is 0 Å². The summed E-state index contributed by atoms with van der Waals surface area (Å²) in [7, 11) is 0.743. The van der Waals surface area contributed by atoms with Gasteiger partial charge in [-0.05, 0) is 6.26 Å². The smallest absolute Gasteiger partial charge is 0.0826 e. The zero-order valence-corrected chi connectivity index (χ0v) is 6.44. The Balaban J connectivity index is 3.35. The summed E-state index contributed by atoms with van der Waals surface area (Å²) < 4.78 is 10.6. The van der Waals surface area contributed by atoms with Gasteiger partial charge in [-0.1, -0.05) is 24.6 Å². The minimum atomic E-state index is -0.662. The third kappa shape index (κ3) is 3.12. The molecular formula is C4H10OS2. The fraction of sp³-hybridized carbons (Fsp3) is 1.00. The van der Waals surface area contributed by atoms with E-state index in [1.165, 1.54) is 10.8 Å². The lowest BCUT2D eigenvalue weighted by atomic mass is 10.6. The van der Waals surface area contributed by atoms with E-state index < -0.39 is 9.83 Å². The van der Waals surface area contributed by atoms with E-state index in [1.807, 2.05) is 20.1 Å². The zero-order valence-electron chi connectivity index (χ0n) is 4.80. The maximum atomic E-state index is 10.6. The molecule has 0 N–H and O–H groups in total. The summed E-state index contributed by atoms with van der Waals surface area (Å²) >= 11 is 0. The van der Waals surface area contributed by atoms with Crippen LogP contribution in [0.5, 0.6) is 0 Å². The van der Waals surface area contributed by atoms with Crippen molar-refractivity contribution >= 4 is 20.6 Å². The highest BCUT2D eigenvalue weighted by molar-refractivity contribution is 8.69. The number of hydrogen-bond acceptors (Lipinski definition) is 2. The molecule has 7 heavy (non-hydrogen) atoms. The second kappa shape index (κ2) is 3.50. The van der Waals surface area contributed by atoms with Gasteiger partial charge < -0.3 is 0 Å². The Labute approximate surface area is 50.7 Å². The van der Waals surface area contributed by atoms with E-state index in [9.17, 15) is 4.21 Å². The molecule has 0 saturated heterocycles. The molecule has 44 valence electrons. The van der Waals surface area contributed by atoms with Crippen molar-refractivity contribution in [1.29, 1.82) is 0 Å². The van der Waals surface area contributed by atoms with E-state index in [0.29, 0.717) is 5.25 Å². The summed E-state index contributed by atoms with van der Waals surface area (Å²) in [6.45, 7) is 3.90. The van der Waals surface area contributed by atoms with E-state index in [1.54, 1.807) is 0 Å². The van der Waals surface area contributed by atoms with Crippen LogP contribution in [0.2, 0.25) is 0 Å². The van der Waals surface area contributed by atoms with Crippen molar-refractivity contribution in [2.75, 3.05) is 6.26 Å². The molecule has 0 heterocycles. The summed E-state index contributed by atoms with van der Waals surface area (Å²) in [6, 6.07) is 0. The van der Waals surface area contributed by atoms with Crippen molar-refractivity contribution in [2.45, 2.75) is 19.1 Å². The van der Waals surface area contributed by atoms with Crippen LogP contribution >= 0.6 is 10.8 Å². The molecular weight excluding hydrogens is 128 g/mol. The van der Waals surface area contributed by atoms with Crippen LogP contribution in [-0.2, 0) is 9.83 Å². The fourth-order valence-electron chi connectivity index (χ4n) is 0.192. The Bertz CT molecular complexity index is 70.1. The van der Waals surface area contributed by atoms with E-state index in [0.717, 1.165) is 0 Å². The molecule has 0 fully saturated rings. The molecule has 0 radical (unpaired) electrons. The quantitative estimate of drug-likeness (QED) is 0.537. The van der Waals surface area contributed by atoms with Crippen LogP contribution in [0.15, 0.2) is 0 Å². The molecule has 1 unspecified atom stereocenters. The number of rotatable bonds is 2. The van der Waals surface area contributed by atoms with Gasteiger partial charge in [0.2, 0.25) is 0 Å². The Morgan fingerprint density at radius 1 is 1.57 bits per heavy atom. The lowest BCUT2D eigenvalue weighted by Crippen LogP contribution is -1.98. The monoisotopic (exact) mass is 138 g/mol. The molecule has 0 amide bonds. The van der Waals surface area contributed by atoms with Crippen LogP contribution in [0.1, 0.15) is 13.8 Å². The molecule has 1 atom stereocenters. The molecule has 0 aliphatic heterocycles. The van der Waals surface area contributed by atoms with Gasteiger partial charge in [-0.25, -0.2) is 4.21 Å². The van der Waals surface area contributed by atoms with Gasteiger partial charge in [0.15, 0.2) is 0 Å². The molecule has 0 aromatic heterocycles. The second-order valence-corrected chi connectivity index (χ2v) is 5.26. The molecule has 0 rings (SSSR count). The number of hydrogen-bond donors (Lipinski definition) is 0. The lowest BCUT2D eigenvalue weighted by Gasteiger charge is -1.97. The minimum absolute atomic E-state index is 0.301. The highest BCUT2D eigenvalue weighted by Gasteiger charge is 1.99. The average Bonchev–Trinajstić information content (AvgIpc) is 1.65. The normalized spacial score (nSPS) is 14.9. The second-order valence-electron chi connectivity index (χ2n) is 1.48. The Morgan fingerprint density at radius 2 is 2.00 bits per heavy atom. The van der Waals surface area contributed by atoms with Gasteiger partial charge in [0.05, 0.1) is 9.83 Å². The largest absolute Gasteiger partial charge is 0.248 e. The van der Waals surface area contributed by atoms with Gasteiger partial charge in [0.25, 0.3) is 0 Å².